The normalized spacial score (nSPS) is 14.5. The molecule has 27 heteroatoms. The number of carbonyl (C=O) groups is 11. The van der Waals surface area contributed by atoms with Crippen LogP contribution in [-0.4, -0.2) is 140 Å². The van der Waals surface area contributed by atoms with E-state index in [1.54, 1.807) is 6.92 Å². The minimum Gasteiger partial charge on any atom is -0.508 e. The minimum absolute atomic E-state index is 0.00227. The Bertz CT molecular complexity index is 1910. The molecule has 0 fully saturated rings. The van der Waals surface area contributed by atoms with Gasteiger partial charge in [0, 0.05) is 6.54 Å². The lowest BCUT2D eigenvalue weighted by Crippen LogP contribution is -2.61. The number of carbonyl (C=O) groups excluding carboxylic acids is 8. The first-order chi connectivity index (χ1) is 29.8. The number of aromatic hydroxyl groups is 1. The number of hydrogen-bond donors (Lipinski definition) is 15. The molecule has 8 amide bonds. The highest BCUT2D eigenvalue weighted by atomic mass is 16.4. The molecule has 0 saturated heterocycles. The third-order valence-corrected chi connectivity index (χ3v) is 9.18. The number of carboxylic acids is 3. The summed E-state index contributed by atoms with van der Waals surface area (Å²) in [5, 5.41) is 50.4. The number of carboxylic acid groups (broad SMARTS) is 3. The molecule has 1 aromatic rings. The summed E-state index contributed by atoms with van der Waals surface area (Å²) in [6.45, 7) is 3.01. The van der Waals surface area contributed by atoms with E-state index in [-0.39, 0.29) is 43.9 Å². The Labute approximate surface area is 365 Å². The molecule has 1 rings (SSSR count). The predicted octanol–water partition coefficient (Wildman–Crippen LogP) is -5.94. The fourth-order valence-corrected chi connectivity index (χ4v) is 5.64. The standard InChI is InChI=1S/C37H56N12O15/c1-3-16(2)29(35(62)47-23(14-27(53)54)33(60)48-24(36(63)64)15-28(55)56)49-34(61)22(13-26(40)52)46-32(59)21(12-25(39)51)45-31(58)20(5-4-10-43-37(41)42)44-30(57)19(38)11-17-6-8-18(50)9-7-17/h6-9,16,19-24,29,50H,3-5,10-15,38H2,1-2H3,(H2,39,51)(H2,40,52)(H,44,57)(H,45,58)(H,46,59)(H,47,62)(H,48,60)(H,49,61)(H,53,54)(H,55,56)(H,63,64)(H4,41,42,43)/t16-,19-,20-,21-,22-,23-,24-,29-/m0/s1. The van der Waals surface area contributed by atoms with Crippen molar-refractivity contribution < 1.29 is 73.2 Å². The van der Waals surface area contributed by atoms with Crippen molar-refractivity contribution in [3.8, 4) is 5.75 Å². The molecule has 20 N–H and O–H groups in total. The highest BCUT2D eigenvalue weighted by molar-refractivity contribution is 6.00. The number of aliphatic imine (C=N–C) groups is 1. The molecular formula is C37H56N12O15. The van der Waals surface area contributed by atoms with E-state index < -0.39 is 139 Å². The summed E-state index contributed by atoms with van der Waals surface area (Å²) >= 11 is 0. The third-order valence-electron chi connectivity index (χ3n) is 9.18. The van der Waals surface area contributed by atoms with Gasteiger partial charge in [-0.1, -0.05) is 32.4 Å². The molecule has 0 bridgehead atoms. The Balaban J connectivity index is 3.39. The Hall–Kier alpha value is -7.58. The van der Waals surface area contributed by atoms with Gasteiger partial charge in [0.2, 0.25) is 47.3 Å². The van der Waals surface area contributed by atoms with E-state index in [1.807, 2.05) is 5.32 Å². The Morgan fingerprint density at radius 3 is 1.47 bits per heavy atom. The zero-order chi connectivity index (χ0) is 48.8. The molecule has 64 heavy (non-hydrogen) atoms. The molecule has 27 nitrogen and oxygen atoms in total. The molecular weight excluding hydrogens is 852 g/mol. The van der Waals surface area contributed by atoms with Crippen LogP contribution in [0, 0.1) is 5.92 Å². The molecule has 0 aliphatic heterocycles. The predicted molar refractivity (Wildman–Crippen MR) is 221 cm³/mol. The fraction of sp³-hybridized carbons (Fsp3) is 0.514. The number of phenols is 1. The maximum absolute atomic E-state index is 13.7. The summed E-state index contributed by atoms with van der Waals surface area (Å²) in [4.78, 5) is 143. The van der Waals surface area contributed by atoms with Crippen LogP contribution in [0.4, 0.5) is 0 Å². The second kappa shape index (κ2) is 26.7. The molecule has 0 aromatic heterocycles. The van der Waals surface area contributed by atoms with Crippen LogP contribution >= 0.6 is 0 Å². The lowest BCUT2D eigenvalue weighted by atomic mass is 9.97. The zero-order valence-electron chi connectivity index (χ0n) is 34.9. The molecule has 0 saturated carbocycles. The van der Waals surface area contributed by atoms with E-state index in [9.17, 15) is 68.1 Å². The summed E-state index contributed by atoms with van der Waals surface area (Å²) in [5.41, 5.74) is 28.1. The molecule has 0 aliphatic rings. The molecule has 0 spiro atoms. The molecule has 354 valence electrons. The van der Waals surface area contributed by atoms with Crippen LogP contribution in [0.1, 0.15) is 64.4 Å². The molecule has 0 radical (unpaired) electrons. The first kappa shape index (κ1) is 54.4. The highest BCUT2D eigenvalue weighted by Crippen LogP contribution is 2.13. The van der Waals surface area contributed by atoms with Gasteiger partial charge in [-0.15, -0.1) is 0 Å². The minimum atomic E-state index is -2.02. The maximum Gasteiger partial charge on any atom is 0.326 e. The van der Waals surface area contributed by atoms with Gasteiger partial charge in [-0.05, 0) is 42.9 Å². The van der Waals surface area contributed by atoms with Crippen molar-refractivity contribution in [1.82, 2.24) is 31.9 Å². The topological polar surface area (TPSA) is 483 Å². The Morgan fingerprint density at radius 2 is 1.02 bits per heavy atom. The lowest BCUT2D eigenvalue weighted by Gasteiger charge is -2.29. The Kier molecular flexibility index (Phi) is 22.7. The number of primary amides is 2. The van der Waals surface area contributed by atoms with Crippen molar-refractivity contribution in [2.45, 2.75) is 108 Å². The van der Waals surface area contributed by atoms with Crippen molar-refractivity contribution in [3.63, 3.8) is 0 Å². The lowest BCUT2D eigenvalue weighted by molar-refractivity contribution is -0.148. The molecule has 1 aromatic carbocycles. The summed E-state index contributed by atoms with van der Waals surface area (Å²) < 4.78 is 0. The SMILES string of the molecule is CC[C@H](C)[C@H](NC(=O)[C@H](CC(N)=O)NC(=O)[C@H](CC(N)=O)NC(=O)[C@H](CCCN=C(N)N)NC(=O)[C@@H](N)Cc1ccc(O)cc1)C(=O)N[C@@H](CC(=O)O)C(=O)N[C@@H](CC(=O)O)C(=O)O. The average molecular weight is 909 g/mol. The summed E-state index contributed by atoms with van der Waals surface area (Å²) in [7, 11) is 0. The Morgan fingerprint density at radius 1 is 0.594 bits per heavy atom. The molecule has 0 heterocycles. The number of amides is 8. The summed E-state index contributed by atoms with van der Waals surface area (Å²) in [6, 6.07) is -6.32. The van der Waals surface area contributed by atoms with Crippen LogP contribution in [0.25, 0.3) is 0 Å². The van der Waals surface area contributed by atoms with Gasteiger partial charge in [0.1, 0.15) is 42.0 Å². The molecule has 0 aliphatic carbocycles. The quantitative estimate of drug-likeness (QED) is 0.0202. The van der Waals surface area contributed by atoms with Crippen molar-refractivity contribution in [2.75, 3.05) is 6.54 Å². The number of nitrogens with one attached hydrogen (secondary N) is 6. The van der Waals surface area contributed by atoms with Crippen LogP contribution in [0.3, 0.4) is 0 Å². The van der Waals surface area contributed by atoms with Gasteiger partial charge in [0.25, 0.3) is 0 Å². The molecule has 0 unspecified atom stereocenters. The number of benzene rings is 1. The number of nitrogens with zero attached hydrogens (tertiary/aromatic N) is 1. The van der Waals surface area contributed by atoms with E-state index >= 15 is 0 Å². The van der Waals surface area contributed by atoms with Gasteiger partial charge in [0.15, 0.2) is 5.96 Å². The van der Waals surface area contributed by atoms with Gasteiger partial charge in [-0.25, -0.2) is 4.79 Å². The maximum atomic E-state index is 13.7. The van der Waals surface area contributed by atoms with Crippen LogP contribution in [0.15, 0.2) is 29.3 Å². The van der Waals surface area contributed by atoms with Gasteiger partial charge in [-0.3, -0.25) is 52.9 Å². The van der Waals surface area contributed by atoms with Crippen LogP contribution in [0.5, 0.6) is 5.75 Å². The highest BCUT2D eigenvalue weighted by Gasteiger charge is 2.36. The first-order valence-electron chi connectivity index (χ1n) is 19.5. The van der Waals surface area contributed by atoms with E-state index in [1.165, 1.54) is 31.2 Å². The van der Waals surface area contributed by atoms with Crippen LogP contribution in [-0.2, 0) is 59.2 Å². The van der Waals surface area contributed by atoms with E-state index in [0.29, 0.717) is 5.56 Å². The molecule has 8 atom stereocenters. The number of rotatable bonds is 29. The largest absolute Gasteiger partial charge is 0.508 e. The van der Waals surface area contributed by atoms with E-state index in [2.05, 4.69) is 31.6 Å². The average Bonchev–Trinajstić information content (AvgIpc) is 3.19. The summed E-state index contributed by atoms with van der Waals surface area (Å²) in [5.74, 6) is -15.5. The second-order valence-corrected chi connectivity index (χ2v) is 14.5. The van der Waals surface area contributed by atoms with Gasteiger partial charge in [0.05, 0.1) is 31.7 Å². The first-order valence-corrected chi connectivity index (χ1v) is 19.5. The fourth-order valence-electron chi connectivity index (χ4n) is 5.64. The van der Waals surface area contributed by atoms with Crippen molar-refractivity contribution in [3.05, 3.63) is 29.8 Å². The number of hydrogen-bond acceptors (Lipinski definition) is 14. The van der Waals surface area contributed by atoms with Crippen molar-refractivity contribution in [2.24, 2.45) is 39.6 Å². The van der Waals surface area contributed by atoms with E-state index in [0.717, 1.165) is 0 Å². The van der Waals surface area contributed by atoms with Crippen LogP contribution < -0.4 is 60.6 Å². The zero-order valence-corrected chi connectivity index (χ0v) is 34.9. The van der Waals surface area contributed by atoms with Gasteiger partial charge >= 0.3 is 17.9 Å². The third kappa shape index (κ3) is 20.3. The summed E-state index contributed by atoms with van der Waals surface area (Å²) in [6.07, 6.45) is -3.99. The number of aliphatic carboxylic acids is 3. The number of nitrogens with two attached hydrogens (primary N) is 5. The van der Waals surface area contributed by atoms with E-state index in [4.69, 9.17) is 33.8 Å². The number of phenolic OH excluding ortho intramolecular Hbond substituents is 1. The monoisotopic (exact) mass is 908 g/mol. The second-order valence-electron chi connectivity index (χ2n) is 14.5. The van der Waals surface area contributed by atoms with Gasteiger partial charge < -0.3 is 81.0 Å². The van der Waals surface area contributed by atoms with Crippen LogP contribution in [0.2, 0.25) is 0 Å². The smallest absolute Gasteiger partial charge is 0.326 e. The number of guanidine groups is 1. The van der Waals surface area contributed by atoms with Crippen molar-refractivity contribution in [1.29, 1.82) is 0 Å². The van der Waals surface area contributed by atoms with Crippen molar-refractivity contribution >= 4 is 71.1 Å². The van der Waals surface area contributed by atoms with Gasteiger partial charge in [-0.2, -0.15) is 0 Å².